The van der Waals surface area contributed by atoms with Crippen LogP contribution in [0.2, 0.25) is 0 Å². The molecular weight excluding hydrogens is 242 g/mol. The van der Waals surface area contributed by atoms with Crippen LogP contribution in [0.5, 0.6) is 0 Å². The number of aliphatic hydroxyl groups is 1. The van der Waals surface area contributed by atoms with E-state index in [1.807, 2.05) is 0 Å². The van der Waals surface area contributed by atoms with Gasteiger partial charge in [0.2, 0.25) is 0 Å². The van der Waals surface area contributed by atoms with E-state index >= 15 is 0 Å². The lowest BCUT2D eigenvalue weighted by Crippen LogP contribution is -2.42. The summed E-state index contributed by atoms with van der Waals surface area (Å²) >= 11 is 0. The molecule has 2 atom stereocenters. The van der Waals surface area contributed by atoms with Crippen molar-refractivity contribution in [3.05, 3.63) is 35.4 Å². The van der Waals surface area contributed by atoms with E-state index < -0.39 is 5.60 Å². The van der Waals surface area contributed by atoms with Crippen molar-refractivity contribution in [2.75, 3.05) is 32.9 Å². The highest BCUT2D eigenvalue weighted by Gasteiger charge is 2.32. The zero-order valence-corrected chi connectivity index (χ0v) is 11.1. The van der Waals surface area contributed by atoms with Crippen LogP contribution >= 0.6 is 0 Å². The first kappa shape index (κ1) is 13.1. The standard InChI is InChI=1S/C15H21NO3/c17-15(6-8-18-11-15)10-16-9-14-13-4-2-1-3-12(13)5-7-19-14/h1-4,14,16-17H,5-11H2. The third-order valence-corrected chi connectivity index (χ3v) is 3.96. The average molecular weight is 263 g/mol. The Morgan fingerprint density at radius 3 is 3.05 bits per heavy atom. The van der Waals surface area contributed by atoms with E-state index in [4.69, 9.17) is 9.47 Å². The maximum atomic E-state index is 10.2. The number of ether oxygens (including phenoxy) is 2. The van der Waals surface area contributed by atoms with Gasteiger partial charge < -0.3 is 19.9 Å². The summed E-state index contributed by atoms with van der Waals surface area (Å²) in [4.78, 5) is 0. The van der Waals surface area contributed by atoms with Crippen LogP contribution in [-0.4, -0.2) is 43.6 Å². The molecule has 0 bridgehead atoms. The molecule has 1 fully saturated rings. The van der Waals surface area contributed by atoms with E-state index in [1.54, 1.807) is 0 Å². The quantitative estimate of drug-likeness (QED) is 0.852. The van der Waals surface area contributed by atoms with Gasteiger partial charge in [-0.1, -0.05) is 24.3 Å². The summed E-state index contributed by atoms with van der Waals surface area (Å²) < 4.78 is 11.1. The lowest BCUT2D eigenvalue weighted by Gasteiger charge is -2.28. The zero-order chi connectivity index (χ0) is 13.1. The molecule has 2 aliphatic rings. The van der Waals surface area contributed by atoms with Gasteiger partial charge in [0.1, 0.15) is 5.60 Å². The topological polar surface area (TPSA) is 50.7 Å². The second-order valence-electron chi connectivity index (χ2n) is 5.47. The van der Waals surface area contributed by atoms with E-state index in [9.17, 15) is 5.11 Å². The van der Waals surface area contributed by atoms with Crippen LogP contribution in [-0.2, 0) is 15.9 Å². The predicted molar refractivity (Wildman–Crippen MR) is 72.1 cm³/mol. The fraction of sp³-hybridized carbons (Fsp3) is 0.600. The van der Waals surface area contributed by atoms with Crippen LogP contribution in [0.25, 0.3) is 0 Å². The summed E-state index contributed by atoms with van der Waals surface area (Å²) in [5, 5.41) is 13.5. The Morgan fingerprint density at radius 1 is 1.32 bits per heavy atom. The molecule has 104 valence electrons. The molecule has 4 heteroatoms. The van der Waals surface area contributed by atoms with Crippen molar-refractivity contribution in [2.24, 2.45) is 0 Å². The molecule has 2 aliphatic heterocycles. The van der Waals surface area contributed by atoms with Crippen molar-refractivity contribution < 1.29 is 14.6 Å². The summed E-state index contributed by atoms with van der Waals surface area (Å²) in [5.41, 5.74) is 1.95. The lowest BCUT2D eigenvalue weighted by atomic mass is 9.97. The van der Waals surface area contributed by atoms with E-state index in [1.165, 1.54) is 11.1 Å². The summed E-state index contributed by atoms with van der Waals surface area (Å²) in [7, 11) is 0. The van der Waals surface area contributed by atoms with Gasteiger partial charge in [-0.15, -0.1) is 0 Å². The molecule has 0 spiro atoms. The SMILES string of the molecule is OC1(CNCC2OCCc3ccccc32)CCOC1. The van der Waals surface area contributed by atoms with Gasteiger partial charge >= 0.3 is 0 Å². The normalized spacial score (nSPS) is 30.3. The molecule has 0 saturated carbocycles. The molecule has 3 rings (SSSR count). The Bertz CT molecular complexity index is 429. The van der Waals surface area contributed by atoms with Gasteiger partial charge in [-0.25, -0.2) is 0 Å². The zero-order valence-electron chi connectivity index (χ0n) is 11.1. The molecule has 19 heavy (non-hydrogen) atoms. The number of benzene rings is 1. The summed E-state index contributed by atoms with van der Waals surface area (Å²) in [6, 6.07) is 8.43. The third-order valence-electron chi connectivity index (χ3n) is 3.96. The number of nitrogens with one attached hydrogen (secondary N) is 1. The molecule has 1 saturated heterocycles. The van der Waals surface area contributed by atoms with Crippen LogP contribution in [0.15, 0.2) is 24.3 Å². The van der Waals surface area contributed by atoms with E-state index in [0.29, 0.717) is 26.2 Å². The number of hydrogen-bond acceptors (Lipinski definition) is 4. The minimum absolute atomic E-state index is 0.0934. The molecule has 0 aromatic heterocycles. The maximum Gasteiger partial charge on any atom is 0.102 e. The molecule has 1 aromatic carbocycles. The van der Waals surface area contributed by atoms with Crippen molar-refractivity contribution in [1.82, 2.24) is 5.32 Å². The van der Waals surface area contributed by atoms with Crippen LogP contribution in [0.4, 0.5) is 0 Å². The highest BCUT2D eigenvalue weighted by molar-refractivity contribution is 5.31. The number of rotatable bonds is 4. The van der Waals surface area contributed by atoms with E-state index in [0.717, 1.165) is 19.6 Å². The van der Waals surface area contributed by atoms with Gasteiger partial charge in [-0.3, -0.25) is 0 Å². The summed E-state index contributed by atoms with van der Waals surface area (Å²) in [5.74, 6) is 0. The Morgan fingerprint density at radius 2 is 2.21 bits per heavy atom. The highest BCUT2D eigenvalue weighted by Crippen LogP contribution is 2.26. The molecule has 0 amide bonds. The molecular formula is C15H21NO3. The molecule has 2 unspecified atom stereocenters. The first-order valence-corrected chi connectivity index (χ1v) is 6.97. The number of hydrogen-bond donors (Lipinski definition) is 2. The molecule has 4 nitrogen and oxygen atoms in total. The van der Waals surface area contributed by atoms with E-state index in [-0.39, 0.29) is 6.10 Å². The predicted octanol–water partition coefficient (Wildman–Crippen LogP) is 1.04. The minimum atomic E-state index is -0.700. The van der Waals surface area contributed by atoms with Gasteiger partial charge in [-0.2, -0.15) is 0 Å². The van der Waals surface area contributed by atoms with Crippen molar-refractivity contribution in [3.8, 4) is 0 Å². The van der Waals surface area contributed by atoms with Gasteiger partial charge in [0.15, 0.2) is 0 Å². The highest BCUT2D eigenvalue weighted by atomic mass is 16.5. The molecule has 1 aromatic rings. The lowest BCUT2D eigenvalue weighted by molar-refractivity contribution is 0.0139. The second kappa shape index (κ2) is 5.59. The minimum Gasteiger partial charge on any atom is -0.386 e. The van der Waals surface area contributed by atoms with Crippen LogP contribution in [0.1, 0.15) is 23.7 Å². The molecule has 2 N–H and O–H groups in total. The smallest absolute Gasteiger partial charge is 0.102 e. The Balaban J connectivity index is 1.56. The van der Waals surface area contributed by atoms with Gasteiger partial charge in [0, 0.05) is 26.1 Å². The Kier molecular flexibility index (Phi) is 3.84. The average Bonchev–Trinajstić information content (AvgIpc) is 2.86. The fourth-order valence-corrected chi connectivity index (χ4v) is 2.82. The van der Waals surface area contributed by atoms with Crippen molar-refractivity contribution >= 4 is 0 Å². The first-order chi connectivity index (χ1) is 9.27. The van der Waals surface area contributed by atoms with E-state index in [2.05, 4.69) is 29.6 Å². The third kappa shape index (κ3) is 2.98. The first-order valence-electron chi connectivity index (χ1n) is 6.97. The van der Waals surface area contributed by atoms with Crippen LogP contribution < -0.4 is 5.32 Å². The largest absolute Gasteiger partial charge is 0.386 e. The molecule has 2 heterocycles. The van der Waals surface area contributed by atoms with Crippen molar-refractivity contribution in [3.63, 3.8) is 0 Å². The Hall–Kier alpha value is -0.940. The summed E-state index contributed by atoms with van der Waals surface area (Å²) in [6.07, 6.45) is 1.79. The van der Waals surface area contributed by atoms with Gasteiger partial charge in [0.25, 0.3) is 0 Å². The summed E-state index contributed by atoms with van der Waals surface area (Å²) in [6.45, 7) is 3.16. The fourth-order valence-electron chi connectivity index (χ4n) is 2.82. The molecule has 0 aliphatic carbocycles. The van der Waals surface area contributed by atoms with Crippen molar-refractivity contribution in [1.29, 1.82) is 0 Å². The monoisotopic (exact) mass is 263 g/mol. The molecule has 0 radical (unpaired) electrons. The number of fused-ring (bicyclic) bond motifs is 1. The maximum absolute atomic E-state index is 10.2. The van der Waals surface area contributed by atoms with Crippen LogP contribution in [0.3, 0.4) is 0 Å². The van der Waals surface area contributed by atoms with Crippen LogP contribution in [0, 0.1) is 0 Å². The van der Waals surface area contributed by atoms with Gasteiger partial charge in [0.05, 0.1) is 19.3 Å². The second-order valence-corrected chi connectivity index (χ2v) is 5.47. The van der Waals surface area contributed by atoms with Crippen molar-refractivity contribution in [2.45, 2.75) is 24.5 Å². The Labute approximate surface area is 113 Å². The van der Waals surface area contributed by atoms with Gasteiger partial charge in [-0.05, 0) is 17.5 Å².